The highest BCUT2D eigenvalue weighted by Gasteiger charge is 2.02. The molecule has 0 bridgehead atoms. The molecule has 5 heteroatoms. The van der Waals surface area contributed by atoms with Gasteiger partial charge in [-0.2, -0.15) is 0 Å². The highest BCUT2D eigenvalue weighted by Crippen LogP contribution is 2.23. The molecule has 0 aliphatic carbocycles. The lowest BCUT2D eigenvalue weighted by Gasteiger charge is -2.03. The summed E-state index contributed by atoms with van der Waals surface area (Å²) in [6.07, 6.45) is 2.93. The number of esters is 1. The van der Waals surface area contributed by atoms with Crippen LogP contribution in [0, 0.1) is 0 Å². The Hall–Kier alpha value is -1.97. The Morgan fingerprint density at radius 2 is 1.67 bits per heavy atom. The van der Waals surface area contributed by atoms with Crippen molar-refractivity contribution in [3.63, 3.8) is 0 Å². The molecule has 0 saturated carbocycles. The number of methoxy groups -OCH3 is 1. The molecule has 0 aliphatic rings. The maximum atomic E-state index is 11.7. The molecule has 0 aromatic heterocycles. The molecule has 2 rings (SSSR count). The number of carbonyl (C=O) groups excluding carboxylic acids is 1. The van der Waals surface area contributed by atoms with Crippen molar-refractivity contribution in [3.05, 3.63) is 64.1 Å². The molecule has 108 valence electrons. The minimum Gasteiger partial charge on any atom is -0.497 e. The van der Waals surface area contributed by atoms with Crippen LogP contribution in [0.25, 0.3) is 6.08 Å². The summed E-state index contributed by atoms with van der Waals surface area (Å²) in [5.41, 5.74) is 0.760. The maximum Gasteiger partial charge on any atom is 0.336 e. The number of hydrogen-bond acceptors (Lipinski definition) is 3. The summed E-state index contributed by atoms with van der Waals surface area (Å²) in [5.74, 6) is 0.659. The van der Waals surface area contributed by atoms with Crippen molar-refractivity contribution in [1.29, 1.82) is 0 Å². The van der Waals surface area contributed by atoms with E-state index in [0.717, 1.165) is 5.56 Å². The molecule has 0 fully saturated rings. The summed E-state index contributed by atoms with van der Waals surface area (Å²) in [4.78, 5) is 11.7. The Bertz CT molecular complexity index is 664. The maximum absolute atomic E-state index is 11.7. The van der Waals surface area contributed by atoms with Crippen molar-refractivity contribution in [2.24, 2.45) is 0 Å². The quantitative estimate of drug-likeness (QED) is 0.468. The van der Waals surface area contributed by atoms with Gasteiger partial charge in [0.1, 0.15) is 11.5 Å². The van der Waals surface area contributed by atoms with Crippen LogP contribution in [0.4, 0.5) is 0 Å². The van der Waals surface area contributed by atoms with Crippen molar-refractivity contribution in [2.45, 2.75) is 0 Å². The van der Waals surface area contributed by atoms with Gasteiger partial charge in [0.05, 0.1) is 17.2 Å². The molecule has 0 spiro atoms. The van der Waals surface area contributed by atoms with Crippen LogP contribution in [-0.2, 0) is 4.79 Å². The Morgan fingerprint density at radius 3 is 2.29 bits per heavy atom. The molecular formula is C16H12Cl2O3. The van der Waals surface area contributed by atoms with Crippen LogP contribution in [0.3, 0.4) is 0 Å². The van der Waals surface area contributed by atoms with E-state index in [1.807, 2.05) is 0 Å². The topological polar surface area (TPSA) is 35.5 Å². The lowest BCUT2D eigenvalue weighted by molar-refractivity contribution is -0.128. The molecule has 0 heterocycles. The molecule has 0 saturated heterocycles. The third kappa shape index (κ3) is 4.52. The first-order chi connectivity index (χ1) is 10.1. The minimum absolute atomic E-state index is 0.433. The van der Waals surface area contributed by atoms with Crippen molar-refractivity contribution in [2.75, 3.05) is 7.11 Å². The van der Waals surface area contributed by atoms with Gasteiger partial charge < -0.3 is 9.47 Å². The first-order valence-corrected chi connectivity index (χ1v) is 6.83. The lowest BCUT2D eigenvalue weighted by atomic mass is 10.2. The zero-order chi connectivity index (χ0) is 15.2. The first-order valence-electron chi connectivity index (χ1n) is 6.07. The monoisotopic (exact) mass is 322 g/mol. The van der Waals surface area contributed by atoms with Crippen LogP contribution in [0.2, 0.25) is 10.0 Å². The predicted octanol–water partition coefficient (Wildman–Crippen LogP) is 4.62. The standard InChI is InChI=1S/C16H12Cl2O3/c1-20-12-4-6-13(7-5-12)21-16(19)9-3-11-2-8-14(17)15(18)10-11/h2-10H,1H3/b9-3+. The molecule has 3 nitrogen and oxygen atoms in total. The first kappa shape index (κ1) is 15.4. The van der Waals surface area contributed by atoms with E-state index in [9.17, 15) is 4.79 Å². The van der Waals surface area contributed by atoms with E-state index in [0.29, 0.717) is 21.5 Å². The Labute approximate surface area is 132 Å². The SMILES string of the molecule is COc1ccc(OC(=O)/C=C/c2ccc(Cl)c(Cl)c2)cc1. The smallest absolute Gasteiger partial charge is 0.336 e. The van der Waals surface area contributed by atoms with Gasteiger partial charge in [-0.25, -0.2) is 4.79 Å². The number of benzene rings is 2. The lowest BCUT2D eigenvalue weighted by Crippen LogP contribution is -2.03. The average Bonchev–Trinajstić information content (AvgIpc) is 2.49. The molecule has 0 aliphatic heterocycles. The normalized spacial score (nSPS) is 10.6. The second-order valence-corrected chi connectivity index (χ2v) is 4.92. The molecule has 0 radical (unpaired) electrons. The number of hydrogen-bond donors (Lipinski definition) is 0. The van der Waals surface area contributed by atoms with Crippen LogP contribution in [-0.4, -0.2) is 13.1 Å². The molecule has 0 atom stereocenters. The van der Waals surface area contributed by atoms with Crippen LogP contribution in [0.15, 0.2) is 48.5 Å². The molecule has 2 aromatic carbocycles. The second kappa shape index (κ2) is 7.16. The zero-order valence-electron chi connectivity index (χ0n) is 11.2. The van der Waals surface area contributed by atoms with Gasteiger partial charge in [0, 0.05) is 6.08 Å². The summed E-state index contributed by atoms with van der Waals surface area (Å²) in [6, 6.07) is 11.8. The molecule has 21 heavy (non-hydrogen) atoms. The highest BCUT2D eigenvalue weighted by molar-refractivity contribution is 6.42. The fourth-order valence-corrected chi connectivity index (χ4v) is 1.88. The molecule has 0 unspecified atom stereocenters. The van der Waals surface area contributed by atoms with Gasteiger partial charge in [0.15, 0.2) is 0 Å². The number of rotatable bonds is 4. The van der Waals surface area contributed by atoms with Gasteiger partial charge in [0.25, 0.3) is 0 Å². The Morgan fingerprint density at radius 1 is 1.00 bits per heavy atom. The molecule has 2 aromatic rings. The van der Waals surface area contributed by atoms with Crippen LogP contribution in [0.5, 0.6) is 11.5 Å². The van der Waals surface area contributed by atoms with Gasteiger partial charge in [-0.15, -0.1) is 0 Å². The predicted molar refractivity (Wildman–Crippen MR) is 84.1 cm³/mol. The van der Waals surface area contributed by atoms with E-state index < -0.39 is 5.97 Å². The van der Waals surface area contributed by atoms with E-state index in [4.69, 9.17) is 32.7 Å². The summed E-state index contributed by atoms with van der Waals surface area (Å²) >= 11 is 11.7. The Balaban J connectivity index is 1.99. The molecule has 0 N–H and O–H groups in total. The van der Waals surface area contributed by atoms with E-state index in [2.05, 4.69) is 0 Å². The third-order valence-electron chi connectivity index (χ3n) is 2.63. The van der Waals surface area contributed by atoms with Crippen molar-refractivity contribution >= 4 is 35.2 Å². The number of ether oxygens (including phenoxy) is 2. The van der Waals surface area contributed by atoms with E-state index in [1.54, 1.807) is 55.7 Å². The van der Waals surface area contributed by atoms with Gasteiger partial charge in [-0.05, 0) is 48.0 Å². The van der Waals surface area contributed by atoms with Crippen LogP contribution in [0.1, 0.15) is 5.56 Å². The van der Waals surface area contributed by atoms with Crippen LogP contribution < -0.4 is 9.47 Å². The van der Waals surface area contributed by atoms with Crippen molar-refractivity contribution in [1.82, 2.24) is 0 Å². The van der Waals surface area contributed by atoms with E-state index in [1.165, 1.54) is 6.08 Å². The van der Waals surface area contributed by atoms with Gasteiger partial charge in [0.2, 0.25) is 0 Å². The largest absolute Gasteiger partial charge is 0.497 e. The fourth-order valence-electron chi connectivity index (χ4n) is 1.57. The zero-order valence-corrected chi connectivity index (χ0v) is 12.7. The van der Waals surface area contributed by atoms with E-state index >= 15 is 0 Å². The summed E-state index contributed by atoms with van der Waals surface area (Å²) in [6.45, 7) is 0. The minimum atomic E-state index is -0.480. The highest BCUT2D eigenvalue weighted by atomic mass is 35.5. The van der Waals surface area contributed by atoms with Gasteiger partial charge in [-0.3, -0.25) is 0 Å². The van der Waals surface area contributed by atoms with Crippen molar-refractivity contribution in [3.8, 4) is 11.5 Å². The molecular weight excluding hydrogens is 311 g/mol. The third-order valence-corrected chi connectivity index (χ3v) is 3.37. The van der Waals surface area contributed by atoms with E-state index in [-0.39, 0.29) is 0 Å². The van der Waals surface area contributed by atoms with Gasteiger partial charge >= 0.3 is 5.97 Å². The fraction of sp³-hybridized carbons (Fsp3) is 0.0625. The van der Waals surface area contributed by atoms with Gasteiger partial charge in [-0.1, -0.05) is 29.3 Å². The second-order valence-electron chi connectivity index (χ2n) is 4.10. The number of halogens is 2. The molecule has 0 amide bonds. The summed E-state index contributed by atoms with van der Waals surface area (Å²) in [5, 5.41) is 0.900. The van der Waals surface area contributed by atoms with Crippen molar-refractivity contribution < 1.29 is 14.3 Å². The Kier molecular flexibility index (Phi) is 5.26. The summed E-state index contributed by atoms with van der Waals surface area (Å²) in [7, 11) is 1.57. The van der Waals surface area contributed by atoms with Crippen LogP contribution >= 0.6 is 23.2 Å². The average molecular weight is 323 g/mol. The summed E-state index contributed by atoms with van der Waals surface area (Å²) < 4.78 is 10.2. The number of carbonyl (C=O) groups is 1.